The van der Waals surface area contributed by atoms with E-state index < -0.39 is 0 Å². The minimum Gasteiger partial charge on any atom is -0.383 e. The lowest BCUT2D eigenvalue weighted by atomic mass is 10.2. The molecule has 0 radical (unpaired) electrons. The Bertz CT molecular complexity index is 1120. The summed E-state index contributed by atoms with van der Waals surface area (Å²) in [5.41, 5.74) is 2.69. The van der Waals surface area contributed by atoms with Gasteiger partial charge in [0.25, 0.3) is 0 Å². The third-order valence-corrected chi connectivity index (χ3v) is 4.47. The SMILES string of the molecule is Clc1ccc2c(NCCNc3nc(Cl)nc(Nc4ccccc4)n3)ccnc2c1. The monoisotopic (exact) mass is 425 g/mol. The van der Waals surface area contributed by atoms with Crippen LogP contribution in [0.15, 0.2) is 60.8 Å². The topological polar surface area (TPSA) is 87.7 Å². The van der Waals surface area contributed by atoms with Gasteiger partial charge in [-0.3, -0.25) is 4.98 Å². The van der Waals surface area contributed by atoms with Crippen LogP contribution in [0.4, 0.5) is 23.3 Å². The van der Waals surface area contributed by atoms with Gasteiger partial charge in [-0.15, -0.1) is 0 Å². The molecule has 9 heteroatoms. The standard InChI is InChI=1S/C20H17Cl2N7/c21-13-6-7-15-16(8-9-23-17(15)12-13)24-10-11-25-19-27-18(22)28-20(29-19)26-14-4-2-1-3-5-14/h1-9,12H,10-11H2,(H,23,24)(H2,25,26,27,28,29). The van der Waals surface area contributed by atoms with Crippen LogP contribution < -0.4 is 16.0 Å². The summed E-state index contributed by atoms with van der Waals surface area (Å²) in [6.45, 7) is 1.23. The molecular weight excluding hydrogens is 409 g/mol. The minimum absolute atomic E-state index is 0.117. The molecule has 3 N–H and O–H groups in total. The Kier molecular flexibility index (Phi) is 5.88. The fourth-order valence-electron chi connectivity index (χ4n) is 2.78. The van der Waals surface area contributed by atoms with Crippen LogP contribution in [0, 0.1) is 0 Å². The predicted octanol–water partition coefficient (Wildman–Crippen LogP) is 4.99. The van der Waals surface area contributed by atoms with Crippen LogP contribution in [-0.2, 0) is 0 Å². The summed E-state index contributed by atoms with van der Waals surface area (Å²) in [4.78, 5) is 16.9. The molecule has 0 bridgehead atoms. The number of hydrogen-bond acceptors (Lipinski definition) is 7. The largest absolute Gasteiger partial charge is 0.383 e. The highest BCUT2D eigenvalue weighted by Gasteiger charge is 2.06. The Morgan fingerprint density at radius 3 is 2.45 bits per heavy atom. The molecular formula is C20H17Cl2N7. The summed E-state index contributed by atoms with van der Waals surface area (Å²) in [6.07, 6.45) is 1.75. The van der Waals surface area contributed by atoms with Gasteiger partial charge in [-0.2, -0.15) is 15.0 Å². The van der Waals surface area contributed by atoms with Gasteiger partial charge < -0.3 is 16.0 Å². The average molecular weight is 426 g/mol. The number of anilines is 4. The summed E-state index contributed by atoms with van der Waals surface area (Å²) < 4.78 is 0. The van der Waals surface area contributed by atoms with Crippen molar-refractivity contribution in [3.05, 3.63) is 71.1 Å². The Morgan fingerprint density at radius 2 is 1.59 bits per heavy atom. The number of fused-ring (bicyclic) bond motifs is 1. The first-order valence-corrected chi connectivity index (χ1v) is 9.69. The highest BCUT2D eigenvalue weighted by molar-refractivity contribution is 6.31. The van der Waals surface area contributed by atoms with Gasteiger partial charge in [0.1, 0.15) is 0 Å². The van der Waals surface area contributed by atoms with Crippen molar-refractivity contribution < 1.29 is 0 Å². The van der Waals surface area contributed by atoms with Crippen LogP contribution in [0.25, 0.3) is 10.9 Å². The molecule has 0 saturated carbocycles. The van der Waals surface area contributed by atoms with Crippen LogP contribution in [0.1, 0.15) is 0 Å². The van der Waals surface area contributed by atoms with Crippen molar-refractivity contribution in [3.63, 3.8) is 0 Å². The lowest BCUT2D eigenvalue weighted by Gasteiger charge is -2.11. The molecule has 0 atom stereocenters. The van der Waals surface area contributed by atoms with E-state index in [0.717, 1.165) is 22.3 Å². The molecule has 2 aromatic heterocycles. The maximum Gasteiger partial charge on any atom is 0.233 e. The molecule has 0 unspecified atom stereocenters. The van der Waals surface area contributed by atoms with Gasteiger partial charge in [0.05, 0.1) is 5.52 Å². The summed E-state index contributed by atoms with van der Waals surface area (Å²) >= 11 is 12.1. The van der Waals surface area contributed by atoms with E-state index in [9.17, 15) is 0 Å². The number of nitrogens with zero attached hydrogens (tertiary/aromatic N) is 4. The zero-order valence-electron chi connectivity index (χ0n) is 15.2. The molecule has 2 heterocycles. The average Bonchev–Trinajstić information content (AvgIpc) is 2.71. The summed E-state index contributed by atoms with van der Waals surface area (Å²) in [7, 11) is 0. The van der Waals surface area contributed by atoms with Crippen molar-refractivity contribution in [2.75, 3.05) is 29.0 Å². The molecule has 146 valence electrons. The molecule has 0 aliphatic heterocycles. The number of pyridine rings is 1. The third-order valence-electron chi connectivity index (χ3n) is 4.07. The number of para-hydroxylation sites is 1. The third kappa shape index (κ3) is 5.01. The number of halogens is 2. The van der Waals surface area contributed by atoms with Crippen molar-refractivity contribution in [3.8, 4) is 0 Å². The van der Waals surface area contributed by atoms with Crippen LogP contribution in [0.2, 0.25) is 10.3 Å². The summed E-state index contributed by atoms with van der Waals surface area (Å²) in [6, 6.07) is 17.2. The molecule has 4 rings (SSSR count). The molecule has 0 aliphatic rings. The second kappa shape index (κ2) is 8.89. The molecule has 0 spiro atoms. The Balaban J connectivity index is 1.37. The Hall–Kier alpha value is -3.16. The van der Waals surface area contributed by atoms with Gasteiger partial charge in [-0.25, -0.2) is 0 Å². The Morgan fingerprint density at radius 1 is 0.793 bits per heavy atom. The fourth-order valence-corrected chi connectivity index (χ4v) is 3.11. The van der Waals surface area contributed by atoms with E-state index in [2.05, 4.69) is 35.9 Å². The molecule has 0 fully saturated rings. The van der Waals surface area contributed by atoms with Crippen molar-refractivity contribution in [1.82, 2.24) is 19.9 Å². The van der Waals surface area contributed by atoms with E-state index in [1.807, 2.05) is 54.6 Å². The minimum atomic E-state index is 0.117. The highest BCUT2D eigenvalue weighted by Crippen LogP contribution is 2.24. The molecule has 0 saturated heterocycles. The number of hydrogen-bond donors (Lipinski definition) is 3. The quantitative estimate of drug-likeness (QED) is 0.359. The molecule has 7 nitrogen and oxygen atoms in total. The maximum absolute atomic E-state index is 6.04. The molecule has 2 aromatic carbocycles. The molecule has 4 aromatic rings. The predicted molar refractivity (Wildman–Crippen MR) is 118 cm³/mol. The van der Waals surface area contributed by atoms with E-state index in [-0.39, 0.29) is 5.28 Å². The molecule has 29 heavy (non-hydrogen) atoms. The second-order valence-corrected chi connectivity index (χ2v) is 6.89. The molecule has 0 amide bonds. The van der Waals surface area contributed by atoms with E-state index in [0.29, 0.717) is 30.0 Å². The normalized spacial score (nSPS) is 10.7. The van der Waals surface area contributed by atoms with Crippen molar-refractivity contribution >= 4 is 57.4 Å². The van der Waals surface area contributed by atoms with Crippen molar-refractivity contribution in [2.24, 2.45) is 0 Å². The zero-order chi connectivity index (χ0) is 20.1. The first-order chi connectivity index (χ1) is 14.2. The number of rotatable bonds is 7. The lowest BCUT2D eigenvalue weighted by Crippen LogP contribution is -2.16. The first kappa shape index (κ1) is 19.2. The van der Waals surface area contributed by atoms with Crippen molar-refractivity contribution in [1.29, 1.82) is 0 Å². The van der Waals surface area contributed by atoms with E-state index >= 15 is 0 Å². The fraction of sp³-hybridized carbons (Fsp3) is 0.100. The van der Waals surface area contributed by atoms with Crippen LogP contribution in [0.5, 0.6) is 0 Å². The smallest absolute Gasteiger partial charge is 0.233 e. The van der Waals surface area contributed by atoms with Gasteiger partial charge in [0.2, 0.25) is 17.2 Å². The van der Waals surface area contributed by atoms with E-state index in [4.69, 9.17) is 23.2 Å². The van der Waals surface area contributed by atoms with Crippen molar-refractivity contribution in [2.45, 2.75) is 0 Å². The number of aromatic nitrogens is 4. The van der Waals surface area contributed by atoms with E-state index in [1.54, 1.807) is 6.20 Å². The zero-order valence-corrected chi connectivity index (χ0v) is 16.7. The van der Waals surface area contributed by atoms with Crippen LogP contribution >= 0.6 is 23.2 Å². The van der Waals surface area contributed by atoms with Crippen LogP contribution in [0.3, 0.4) is 0 Å². The maximum atomic E-state index is 6.04. The summed E-state index contributed by atoms with van der Waals surface area (Å²) in [5, 5.41) is 11.4. The van der Waals surface area contributed by atoms with Crippen LogP contribution in [-0.4, -0.2) is 33.0 Å². The van der Waals surface area contributed by atoms with E-state index in [1.165, 1.54) is 0 Å². The second-order valence-electron chi connectivity index (χ2n) is 6.12. The van der Waals surface area contributed by atoms with Gasteiger partial charge >= 0.3 is 0 Å². The van der Waals surface area contributed by atoms with Gasteiger partial charge in [0.15, 0.2) is 0 Å². The van der Waals surface area contributed by atoms with Gasteiger partial charge in [0, 0.05) is 41.1 Å². The molecule has 0 aliphatic carbocycles. The Labute approximate surface area is 177 Å². The number of benzene rings is 2. The number of nitrogens with one attached hydrogen (secondary N) is 3. The highest BCUT2D eigenvalue weighted by atomic mass is 35.5. The van der Waals surface area contributed by atoms with Gasteiger partial charge in [-0.1, -0.05) is 29.8 Å². The first-order valence-electron chi connectivity index (χ1n) is 8.93. The van der Waals surface area contributed by atoms with Gasteiger partial charge in [-0.05, 0) is 48.0 Å². The lowest BCUT2D eigenvalue weighted by molar-refractivity contribution is 0.995. The summed E-state index contributed by atoms with van der Waals surface area (Å²) in [5.74, 6) is 0.778.